The Labute approximate surface area is 88.1 Å². The lowest BCUT2D eigenvalue weighted by molar-refractivity contribution is 0.0689. The van der Waals surface area contributed by atoms with E-state index < -0.39 is 5.97 Å². The van der Waals surface area contributed by atoms with Crippen molar-refractivity contribution in [2.45, 2.75) is 32.8 Å². The van der Waals surface area contributed by atoms with Gasteiger partial charge in [0.25, 0.3) is 0 Å². The van der Waals surface area contributed by atoms with Crippen molar-refractivity contribution in [3.8, 4) is 5.88 Å². The third kappa shape index (κ3) is 3.19. The summed E-state index contributed by atoms with van der Waals surface area (Å²) in [6, 6.07) is 0. The van der Waals surface area contributed by atoms with Crippen molar-refractivity contribution in [1.29, 1.82) is 0 Å². The van der Waals surface area contributed by atoms with E-state index in [2.05, 4.69) is 9.97 Å². The molecule has 82 valence electrons. The molecule has 0 spiro atoms. The molecule has 1 aromatic heterocycles. The lowest BCUT2D eigenvalue weighted by Crippen LogP contribution is -2.27. The highest BCUT2D eigenvalue weighted by Crippen LogP contribution is 2.17. The Balaban J connectivity index is 2.77. The molecule has 1 rings (SSSR count). The Bertz CT molecular complexity index is 346. The normalized spacial score (nSPS) is 11.1. The van der Waals surface area contributed by atoms with E-state index in [1.165, 1.54) is 12.4 Å². The highest BCUT2D eigenvalue weighted by molar-refractivity contribution is 5.84. The van der Waals surface area contributed by atoms with Crippen LogP contribution >= 0.6 is 0 Å². The van der Waals surface area contributed by atoms with E-state index in [1.54, 1.807) is 0 Å². The van der Waals surface area contributed by atoms with Gasteiger partial charge in [0.15, 0.2) is 5.69 Å². The van der Waals surface area contributed by atoms with Crippen LogP contribution in [0.3, 0.4) is 0 Å². The van der Waals surface area contributed by atoms with Crippen molar-refractivity contribution in [1.82, 2.24) is 9.97 Å². The van der Waals surface area contributed by atoms with Gasteiger partial charge in [-0.05, 0) is 20.3 Å². The number of rotatable bonds is 4. The molecule has 1 heterocycles. The monoisotopic (exact) mass is 210 g/mol. The van der Waals surface area contributed by atoms with Gasteiger partial charge in [0, 0.05) is 0 Å². The Morgan fingerprint density at radius 1 is 1.47 bits per heavy atom. The van der Waals surface area contributed by atoms with Gasteiger partial charge in [-0.1, -0.05) is 6.92 Å². The number of carbonyl (C=O) groups is 1. The minimum atomic E-state index is -1.09. The van der Waals surface area contributed by atoms with E-state index in [9.17, 15) is 4.79 Å². The third-order valence-electron chi connectivity index (χ3n) is 2.08. The van der Waals surface area contributed by atoms with Gasteiger partial charge in [0.05, 0.1) is 12.4 Å². The van der Waals surface area contributed by atoms with Crippen molar-refractivity contribution in [2.24, 2.45) is 0 Å². The maximum Gasteiger partial charge on any atom is 0.356 e. The molecular formula is C10H14N2O3. The van der Waals surface area contributed by atoms with Crippen LogP contribution < -0.4 is 4.74 Å². The van der Waals surface area contributed by atoms with Crippen LogP contribution in [0.1, 0.15) is 37.7 Å². The van der Waals surface area contributed by atoms with Gasteiger partial charge < -0.3 is 9.84 Å². The highest BCUT2D eigenvalue weighted by Gasteiger charge is 2.17. The van der Waals surface area contributed by atoms with Gasteiger partial charge in [-0.3, -0.25) is 0 Å². The summed E-state index contributed by atoms with van der Waals surface area (Å²) in [4.78, 5) is 18.1. The number of carboxylic acid groups (broad SMARTS) is 1. The maximum atomic E-state index is 10.5. The molecule has 0 saturated carbocycles. The minimum Gasteiger partial charge on any atom is -0.476 e. The largest absolute Gasteiger partial charge is 0.476 e. The molecule has 0 radical (unpaired) electrons. The molecule has 0 aromatic carbocycles. The first-order chi connectivity index (χ1) is 6.94. The van der Waals surface area contributed by atoms with E-state index in [4.69, 9.17) is 9.84 Å². The first kappa shape index (κ1) is 11.4. The number of aromatic carboxylic acids is 1. The minimum absolute atomic E-state index is 0.0864. The van der Waals surface area contributed by atoms with E-state index >= 15 is 0 Å². The van der Waals surface area contributed by atoms with Crippen LogP contribution in [-0.2, 0) is 0 Å². The average molecular weight is 210 g/mol. The summed E-state index contributed by atoms with van der Waals surface area (Å²) in [7, 11) is 0. The summed E-state index contributed by atoms with van der Waals surface area (Å²) in [5, 5.41) is 8.61. The zero-order chi connectivity index (χ0) is 11.5. The van der Waals surface area contributed by atoms with Crippen molar-refractivity contribution < 1.29 is 14.6 Å². The van der Waals surface area contributed by atoms with Gasteiger partial charge in [-0.15, -0.1) is 0 Å². The Hall–Kier alpha value is -1.65. The summed E-state index contributed by atoms with van der Waals surface area (Å²) < 4.78 is 5.52. The van der Waals surface area contributed by atoms with Crippen LogP contribution in [0, 0.1) is 0 Å². The summed E-state index contributed by atoms with van der Waals surface area (Å²) >= 11 is 0. The van der Waals surface area contributed by atoms with Crippen molar-refractivity contribution in [2.75, 3.05) is 0 Å². The second-order valence-corrected chi connectivity index (χ2v) is 3.76. The highest BCUT2D eigenvalue weighted by atomic mass is 16.5. The lowest BCUT2D eigenvalue weighted by atomic mass is 10.1. The van der Waals surface area contributed by atoms with Crippen LogP contribution in [0.2, 0.25) is 0 Å². The topological polar surface area (TPSA) is 72.3 Å². The van der Waals surface area contributed by atoms with E-state index in [0.29, 0.717) is 5.88 Å². The van der Waals surface area contributed by atoms with E-state index in [-0.39, 0.29) is 11.3 Å². The van der Waals surface area contributed by atoms with Gasteiger partial charge in [0.1, 0.15) is 5.60 Å². The molecule has 0 aliphatic rings. The van der Waals surface area contributed by atoms with E-state index in [1.807, 2.05) is 20.8 Å². The molecule has 15 heavy (non-hydrogen) atoms. The second-order valence-electron chi connectivity index (χ2n) is 3.76. The molecule has 0 saturated heterocycles. The average Bonchev–Trinajstić information content (AvgIpc) is 2.18. The molecule has 0 unspecified atom stereocenters. The number of nitrogens with zero attached hydrogens (tertiary/aromatic N) is 2. The van der Waals surface area contributed by atoms with Gasteiger partial charge in [-0.2, -0.15) is 0 Å². The zero-order valence-corrected chi connectivity index (χ0v) is 9.02. The fourth-order valence-corrected chi connectivity index (χ4v) is 0.835. The van der Waals surface area contributed by atoms with Gasteiger partial charge in [-0.25, -0.2) is 14.8 Å². The Morgan fingerprint density at radius 2 is 2.13 bits per heavy atom. The first-order valence-corrected chi connectivity index (χ1v) is 4.69. The summed E-state index contributed by atoms with van der Waals surface area (Å²) in [6.07, 6.45) is 3.33. The molecule has 5 heteroatoms. The number of aromatic nitrogens is 2. The summed E-state index contributed by atoms with van der Waals surface area (Å²) in [5.41, 5.74) is -0.406. The predicted molar refractivity (Wildman–Crippen MR) is 54.0 cm³/mol. The van der Waals surface area contributed by atoms with Crippen molar-refractivity contribution >= 4 is 5.97 Å². The standard InChI is InChI=1S/C10H14N2O3/c1-4-10(2,3)15-8-6-11-7(5-12-8)9(13)14/h5-6H,4H2,1-3H3,(H,13,14). The summed E-state index contributed by atoms with van der Waals surface area (Å²) in [5.74, 6) is -0.754. The lowest BCUT2D eigenvalue weighted by Gasteiger charge is -2.23. The summed E-state index contributed by atoms with van der Waals surface area (Å²) in [6.45, 7) is 5.86. The number of ether oxygens (including phenoxy) is 1. The van der Waals surface area contributed by atoms with Crippen molar-refractivity contribution in [3.05, 3.63) is 18.1 Å². The van der Waals surface area contributed by atoms with Crippen LogP contribution in [-0.4, -0.2) is 26.6 Å². The fourth-order valence-electron chi connectivity index (χ4n) is 0.835. The SMILES string of the molecule is CCC(C)(C)Oc1cnc(C(=O)O)cn1. The molecule has 0 aliphatic carbocycles. The van der Waals surface area contributed by atoms with Crippen LogP contribution in [0.4, 0.5) is 0 Å². The molecular weight excluding hydrogens is 196 g/mol. The molecule has 0 amide bonds. The molecule has 0 bridgehead atoms. The second kappa shape index (κ2) is 4.25. The smallest absolute Gasteiger partial charge is 0.356 e. The number of hydrogen-bond donors (Lipinski definition) is 1. The van der Waals surface area contributed by atoms with Crippen LogP contribution in [0.15, 0.2) is 12.4 Å². The fraction of sp³-hybridized carbons (Fsp3) is 0.500. The number of carboxylic acids is 1. The molecule has 0 atom stereocenters. The zero-order valence-electron chi connectivity index (χ0n) is 9.02. The van der Waals surface area contributed by atoms with Crippen LogP contribution in [0.25, 0.3) is 0 Å². The Kier molecular flexibility index (Phi) is 3.24. The van der Waals surface area contributed by atoms with Gasteiger partial charge in [0.2, 0.25) is 5.88 Å². The van der Waals surface area contributed by atoms with Crippen molar-refractivity contribution in [3.63, 3.8) is 0 Å². The van der Waals surface area contributed by atoms with Crippen LogP contribution in [0.5, 0.6) is 5.88 Å². The Morgan fingerprint density at radius 3 is 2.53 bits per heavy atom. The quantitative estimate of drug-likeness (QED) is 0.819. The maximum absolute atomic E-state index is 10.5. The van der Waals surface area contributed by atoms with Gasteiger partial charge >= 0.3 is 5.97 Å². The number of hydrogen-bond acceptors (Lipinski definition) is 4. The molecule has 1 N–H and O–H groups in total. The molecule has 1 aromatic rings. The first-order valence-electron chi connectivity index (χ1n) is 4.69. The van der Waals surface area contributed by atoms with E-state index in [0.717, 1.165) is 6.42 Å². The third-order valence-corrected chi connectivity index (χ3v) is 2.08. The predicted octanol–water partition coefficient (Wildman–Crippen LogP) is 1.74. The molecule has 5 nitrogen and oxygen atoms in total. The molecule has 0 aliphatic heterocycles. The molecule has 0 fully saturated rings.